The number of amides is 2. The molecule has 0 fully saturated rings. The molecule has 2 rings (SSSR count). The summed E-state index contributed by atoms with van der Waals surface area (Å²) >= 11 is 11.7. The van der Waals surface area contributed by atoms with Crippen LogP contribution in [0.25, 0.3) is 0 Å². The molecule has 154 valence electrons. The summed E-state index contributed by atoms with van der Waals surface area (Å²) in [6.45, 7) is 3.73. The summed E-state index contributed by atoms with van der Waals surface area (Å²) in [7, 11) is 1.53. The van der Waals surface area contributed by atoms with E-state index in [9.17, 15) is 9.59 Å². The second kappa shape index (κ2) is 10.6. The standard InChI is InChI=1S/C19H19Br2N3O4S/c1-10(2)28-15-7-5-12(20)9-13(15)18(26)22-19(29)24-23-17(25)11-4-6-16(27-3)14(21)8-11/h4-10H,1-3H3,(H,23,25)(H2,22,24,26,29). The summed E-state index contributed by atoms with van der Waals surface area (Å²) in [5.74, 6) is 0.124. The third-order valence-corrected chi connectivity index (χ3v) is 4.80. The van der Waals surface area contributed by atoms with Crippen molar-refractivity contribution in [2.45, 2.75) is 20.0 Å². The first-order chi connectivity index (χ1) is 13.7. The highest BCUT2D eigenvalue weighted by Crippen LogP contribution is 2.25. The van der Waals surface area contributed by atoms with E-state index in [0.717, 1.165) is 4.47 Å². The molecular formula is C19H19Br2N3O4S. The predicted octanol–water partition coefficient (Wildman–Crippen LogP) is 3.96. The van der Waals surface area contributed by atoms with Gasteiger partial charge in [0.05, 0.1) is 23.2 Å². The van der Waals surface area contributed by atoms with E-state index in [1.54, 1.807) is 36.4 Å². The smallest absolute Gasteiger partial charge is 0.269 e. The van der Waals surface area contributed by atoms with Gasteiger partial charge in [0, 0.05) is 10.0 Å². The number of carbonyl (C=O) groups is 2. The van der Waals surface area contributed by atoms with Crippen LogP contribution < -0.4 is 25.6 Å². The van der Waals surface area contributed by atoms with E-state index in [0.29, 0.717) is 27.1 Å². The maximum Gasteiger partial charge on any atom is 0.269 e. The Morgan fingerprint density at radius 3 is 2.31 bits per heavy atom. The Morgan fingerprint density at radius 1 is 1.00 bits per heavy atom. The number of hydrogen-bond acceptors (Lipinski definition) is 5. The minimum atomic E-state index is -0.471. The molecule has 0 heterocycles. The summed E-state index contributed by atoms with van der Waals surface area (Å²) in [5, 5.41) is 2.45. The van der Waals surface area contributed by atoms with Crippen LogP contribution in [-0.2, 0) is 0 Å². The SMILES string of the molecule is COc1ccc(C(=O)NNC(=S)NC(=O)c2cc(Br)ccc2OC(C)C)cc1Br. The van der Waals surface area contributed by atoms with Crippen LogP contribution in [0.15, 0.2) is 45.3 Å². The molecule has 0 aliphatic carbocycles. The van der Waals surface area contributed by atoms with Gasteiger partial charge in [0.15, 0.2) is 5.11 Å². The molecule has 3 N–H and O–H groups in total. The number of ether oxygens (including phenoxy) is 2. The molecule has 2 aromatic rings. The normalized spacial score (nSPS) is 10.3. The Balaban J connectivity index is 1.99. The van der Waals surface area contributed by atoms with Crippen molar-refractivity contribution in [2.24, 2.45) is 0 Å². The van der Waals surface area contributed by atoms with Crippen LogP contribution in [0.1, 0.15) is 34.6 Å². The Morgan fingerprint density at radius 2 is 1.69 bits per heavy atom. The first-order valence-electron chi connectivity index (χ1n) is 8.42. The van der Waals surface area contributed by atoms with Crippen molar-refractivity contribution in [1.29, 1.82) is 0 Å². The fourth-order valence-corrected chi connectivity index (χ4v) is 3.28. The Bertz CT molecular complexity index is 938. The number of benzene rings is 2. The Kier molecular flexibility index (Phi) is 8.42. The maximum atomic E-state index is 12.6. The molecule has 7 nitrogen and oxygen atoms in total. The van der Waals surface area contributed by atoms with Gasteiger partial charge in [-0.1, -0.05) is 15.9 Å². The largest absolute Gasteiger partial charge is 0.496 e. The van der Waals surface area contributed by atoms with Crippen molar-refractivity contribution in [2.75, 3.05) is 7.11 Å². The fourth-order valence-electron chi connectivity index (χ4n) is 2.23. The number of hydrazine groups is 1. The zero-order chi connectivity index (χ0) is 21.6. The lowest BCUT2D eigenvalue weighted by molar-refractivity contribution is 0.0933. The number of methoxy groups -OCH3 is 1. The van der Waals surface area contributed by atoms with E-state index in [-0.39, 0.29) is 11.2 Å². The molecule has 2 amide bonds. The van der Waals surface area contributed by atoms with Gasteiger partial charge in [-0.15, -0.1) is 0 Å². The first kappa shape index (κ1) is 23.1. The van der Waals surface area contributed by atoms with Crippen LogP contribution in [0, 0.1) is 0 Å². The third kappa shape index (κ3) is 6.69. The van der Waals surface area contributed by atoms with E-state index >= 15 is 0 Å². The average Bonchev–Trinajstić information content (AvgIpc) is 2.67. The summed E-state index contributed by atoms with van der Waals surface area (Å²) in [6, 6.07) is 9.95. The molecule has 10 heteroatoms. The van der Waals surface area contributed by atoms with Crippen molar-refractivity contribution in [1.82, 2.24) is 16.2 Å². The van der Waals surface area contributed by atoms with Crippen LogP contribution in [0.5, 0.6) is 11.5 Å². The van der Waals surface area contributed by atoms with Crippen molar-refractivity contribution in [3.63, 3.8) is 0 Å². The van der Waals surface area contributed by atoms with E-state index in [1.807, 2.05) is 13.8 Å². The summed E-state index contributed by atoms with van der Waals surface area (Å²) in [4.78, 5) is 24.8. The van der Waals surface area contributed by atoms with Crippen LogP contribution >= 0.6 is 44.1 Å². The number of rotatable bonds is 5. The molecule has 0 aromatic heterocycles. The molecular weight excluding hydrogens is 526 g/mol. The van der Waals surface area contributed by atoms with Crippen molar-refractivity contribution in [3.05, 3.63) is 56.5 Å². The lowest BCUT2D eigenvalue weighted by Gasteiger charge is -2.15. The highest BCUT2D eigenvalue weighted by Gasteiger charge is 2.16. The Labute approximate surface area is 190 Å². The maximum absolute atomic E-state index is 12.6. The van der Waals surface area contributed by atoms with Gasteiger partial charge in [0.2, 0.25) is 0 Å². The van der Waals surface area contributed by atoms with Crippen LogP contribution in [-0.4, -0.2) is 30.1 Å². The molecule has 29 heavy (non-hydrogen) atoms. The second-order valence-corrected chi connectivity index (χ2v) is 8.20. The highest BCUT2D eigenvalue weighted by molar-refractivity contribution is 9.10. The Hall–Kier alpha value is -2.17. The van der Waals surface area contributed by atoms with Gasteiger partial charge in [0.25, 0.3) is 11.8 Å². The number of thiocarbonyl (C=S) groups is 1. The van der Waals surface area contributed by atoms with Gasteiger partial charge in [-0.2, -0.15) is 0 Å². The van der Waals surface area contributed by atoms with E-state index in [1.165, 1.54) is 7.11 Å². The highest BCUT2D eigenvalue weighted by atomic mass is 79.9. The van der Waals surface area contributed by atoms with Gasteiger partial charge in [-0.3, -0.25) is 25.8 Å². The molecule has 0 radical (unpaired) electrons. The second-order valence-electron chi connectivity index (χ2n) is 6.02. The molecule has 0 saturated heterocycles. The number of halogens is 2. The summed E-state index contributed by atoms with van der Waals surface area (Å²) < 4.78 is 12.1. The lowest BCUT2D eigenvalue weighted by Crippen LogP contribution is -2.48. The predicted molar refractivity (Wildman–Crippen MR) is 121 cm³/mol. The average molecular weight is 545 g/mol. The zero-order valence-corrected chi connectivity index (χ0v) is 19.8. The number of hydrogen-bond donors (Lipinski definition) is 3. The van der Waals surface area contributed by atoms with Crippen LogP contribution in [0.3, 0.4) is 0 Å². The first-order valence-corrected chi connectivity index (χ1v) is 10.4. The van der Waals surface area contributed by atoms with Gasteiger partial charge in [-0.05, 0) is 78.4 Å². The molecule has 0 aliphatic heterocycles. The summed E-state index contributed by atoms with van der Waals surface area (Å²) in [6.07, 6.45) is -0.101. The van der Waals surface area contributed by atoms with Crippen molar-refractivity contribution < 1.29 is 19.1 Å². The molecule has 0 atom stereocenters. The molecule has 0 aliphatic rings. The van der Waals surface area contributed by atoms with Crippen molar-refractivity contribution >= 4 is 61.0 Å². The molecule has 0 bridgehead atoms. The minimum absolute atomic E-state index is 0.0635. The molecule has 0 spiro atoms. The fraction of sp³-hybridized carbons (Fsp3) is 0.211. The molecule has 0 unspecified atom stereocenters. The monoisotopic (exact) mass is 543 g/mol. The number of carbonyl (C=O) groups excluding carboxylic acids is 2. The molecule has 2 aromatic carbocycles. The topological polar surface area (TPSA) is 88.7 Å². The third-order valence-electron chi connectivity index (χ3n) is 3.48. The summed E-state index contributed by atoms with van der Waals surface area (Å²) in [5.41, 5.74) is 5.62. The van der Waals surface area contributed by atoms with Gasteiger partial charge < -0.3 is 9.47 Å². The van der Waals surface area contributed by atoms with Gasteiger partial charge >= 0.3 is 0 Å². The molecule has 0 saturated carbocycles. The van der Waals surface area contributed by atoms with Crippen molar-refractivity contribution in [3.8, 4) is 11.5 Å². The van der Waals surface area contributed by atoms with E-state index in [2.05, 4.69) is 48.0 Å². The van der Waals surface area contributed by atoms with Crippen LogP contribution in [0.2, 0.25) is 0 Å². The zero-order valence-electron chi connectivity index (χ0n) is 15.8. The quantitative estimate of drug-likeness (QED) is 0.390. The van der Waals surface area contributed by atoms with Crippen LogP contribution in [0.4, 0.5) is 0 Å². The minimum Gasteiger partial charge on any atom is -0.496 e. The lowest BCUT2D eigenvalue weighted by atomic mass is 10.2. The number of nitrogens with one attached hydrogen (secondary N) is 3. The van der Waals surface area contributed by atoms with Gasteiger partial charge in [0.1, 0.15) is 11.5 Å². The van der Waals surface area contributed by atoms with E-state index < -0.39 is 11.8 Å². The van der Waals surface area contributed by atoms with E-state index in [4.69, 9.17) is 21.7 Å². The van der Waals surface area contributed by atoms with Gasteiger partial charge in [-0.25, -0.2) is 0 Å².